The zero-order valence-electron chi connectivity index (χ0n) is 14.8. The van der Waals surface area contributed by atoms with Gasteiger partial charge in [-0.15, -0.1) is 12.4 Å². The van der Waals surface area contributed by atoms with Gasteiger partial charge in [-0.05, 0) is 55.2 Å². The van der Waals surface area contributed by atoms with Crippen molar-refractivity contribution in [1.82, 2.24) is 4.90 Å². The van der Waals surface area contributed by atoms with Gasteiger partial charge in [0.25, 0.3) is 0 Å². The molecule has 2 aliphatic carbocycles. The molecular weight excluding hydrogens is 320 g/mol. The lowest BCUT2D eigenvalue weighted by molar-refractivity contribution is -0.135. The molecule has 1 fully saturated rings. The van der Waals surface area contributed by atoms with E-state index in [1.807, 2.05) is 11.9 Å². The molecule has 4 heteroatoms. The van der Waals surface area contributed by atoms with Gasteiger partial charge in [-0.2, -0.15) is 0 Å². The molecule has 1 aromatic carbocycles. The highest BCUT2D eigenvalue weighted by molar-refractivity contribution is 5.85. The quantitative estimate of drug-likeness (QED) is 0.899. The van der Waals surface area contributed by atoms with E-state index in [9.17, 15) is 4.79 Å². The Bertz CT molecular complexity index is 554. The third-order valence-electron chi connectivity index (χ3n) is 6.14. The Morgan fingerprint density at radius 3 is 2.54 bits per heavy atom. The first-order chi connectivity index (χ1) is 11.1. The Morgan fingerprint density at radius 2 is 1.88 bits per heavy atom. The van der Waals surface area contributed by atoms with Crippen LogP contribution in [0, 0.1) is 5.41 Å². The summed E-state index contributed by atoms with van der Waals surface area (Å²) < 4.78 is 0. The third kappa shape index (κ3) is 4.12. The lowest BCUT2D eigenvalue weighted by Crippen LogP contribution is -2.44. The average molecular weight is 351 g/mol. The molecule has 2 N–H and O–H groups in total. The molecule has 1 unspecified atom stereocenters. The van der Waals surface area contributed by atoms with Crippen LogP contribution in [0.1, 0.15) is 56.1 Å². The lowest BCUT2D eigenvalue weighted by atomic mass is 9.71. The Balaban J connectivity index is 0.00000208. The molecule has 2 aliphatic rings. The molecule has 1 atom stereocenters. The van der Waals surface area contributed by atoms with E-state index in [0.29, 0.717) is 24.9 Å². The normalized spacial score (nSPS) is 22.2. The van der Waals surface area contributed by atoms with Crippen LogP contribution in [0.2, 0.25) is 0 Å². The van der Waals surface area contributed by atoms with Crippen LogP contribution in [-0.4, -0.2) is 30.4 Å². The minimum atomic E-state index is 0. The first-order valence-electron chi connectivity index (χ1n) is 9.16. The molecule has 0 radical (unpaired) electrons. The fourth-order valence-electron chi connectivity index (χ4n) is 4.41. The van der Waals surface area contributed by atoms with Crippen molar-refractivity contribution in [2.24, 2.45) is 11.1 Å². The Morgan fingerprint density at radius 1 is 1.21 bits per heavy atom. The number of nitrogens with zero attached hydrogens (tertiary/aromatic N) is 1. The van der Waals surface area contributed by atoms with Crippen LogP contribution in [0.15, 0.2) is 24.3 Å². The first kappa shape index (κ1) is 19.3. The Labute approximate surface area is 152 Å². The summed E-state index contributed by atoms with van der Waals surface area (Å²) in [6, 6.07) is 8.99. The molecule has 0 aromatic heterocycles. The Kier molecular flexibility index (Phi) is 6.70. The van der Waals surface area contributed by atoms with Crippen LogP contribution in [0.5, 0.6) is 0 Å². The topological polar surface area (TPSA) is 46.3 Å². The van der Waals surface area contributed by atoms with Gasteiger partial charge in [0, 0.05) is 19.5 Å². The highest BCUT2D eigenvalue weighted by atomic mass is 35.5. The number of amides is 1. The number of aryl methyl sites for hydroxylation is 1. The predicted molar refractivity (Wildman–Crippen MR) is 101 cm³/mol. The summed E-state index contributed by atoms with van der Waals surface area (Å²) in [5.74, 6) is 0.293. The van der Waals surface area contributed by atoms with E-state index in [1.165, 1.54) is 30.4 Å². The maximum absolute atomic E-state index is 12.9. The maximum atomic E-state index is 12.9. The largest absolute Gasteiger partial charge is 0.342 e. The zero-order chi connectivity index (χ0) is 16.3. The van der Waals surface area contributed by atoms with Crippen LogP contribution in [0.3, 0.4) is 0 Å². The molecule has 1 aromatic rings. The van der Waals surface area contributed by atoms with E-state index >= 15 is 0 Å². The van der Waals surface area contributed by atoms with Gasteiger partial charge < -0.3 is 10.6 Å². The second kappa shape index (κ2) is 8.35. The third-order valence-corrected chi connectivity index (χ3v) is 6.14. The molecule has 0 heterocycles. The number of hydrogen-bond donors (Lipinski definition) is 1. The van der Waals surface area contributed by atoms with Gasteiger partial charge in [0.1, 0.15) is 0 Å². The van der Waals surface area contributed by atoms with E-state index < -0.39 is 0 Å². The number of benzene rings is 1. The molecular formula is C20H31ClN2O. The van der Waals surface area contributed by atoms with Crippen LogP contribution in [0.4, 0.5) is 0 Å². The standard InChI is InChI=1S/C20H30N2O.ClH/c1-22(18-10-9-16-7-3-4-8-17(16)13-18)19(23)14-20(15-21)11-5-2-6-12-20;/h3-4,7-8,18H,2,5-6,9-15,21H2,1H3;1H. The number of hydrogen-bond acceptors (Lipinski definition) is 2. The minimum absolute atomic E-state index is 0. The highest BCUT2D eigenvalue weighted by Crippen LogP contribution is 2.39. The maximum Gasteiger partial charge on any atom is 0.223 e. The number of nitrogens with two attached hydrogens (primary N) is 1. The number of carbonyl (C=O) groups excluding carboxylic acids is 1. The van der Waals surface area contributed by atoms with Gasteiger partial charge >= 0.3 is 0 Å². The smallest absolute Gasteiger partial charge is 0.223 e. The molecule has 3 nitrogen and oxygen atoms in total. The van der Waals surface area contributed by atoms with Crippen molar-refractivity contribution in [2.75, 3.05) is 13.6 Å². The zero-order valence-corrected chi connectivity index (χ0v) is 15.6. The van der Waals surface area contributed by atoms with Gasteiger partial charge in [-0.1, -0.05) is 43.5 Å². The second-order valence-corrected chi connectivity index (χ2v) is 7.61. The van der Waals surface area contributed by atoms with Crippen molar-refractivity contribution in [2.45, 2.75) is 63.8 Å². The fourth-order valence-corrected chi connectivity index (χ4v) is 4.41. The number of halogens is 1. The second-order valence-electron chi connectivity index (χ2n) is 7.61. The van der Waals surface area contributed by atoms with Crippen molar-refractivity contribution >= 4 is 18.3 Å². The molecule has 0 spiro atoms. The number of carbonyl (C=O) groups is 1. The van der Waals surface area contributed by atoms with Crippen molar-refractivity contribution in [3.8, 4) is 0 Å². The van der Waals surface area contributed by atoms with Crippen LogP contribution in [0.25, 0.3) is 0 Å². The number of rotatable bonds is 4. The Hall–Kier alpha value is -1.06. The van der Waals surface area contributed by atoms with Crippen LogP contribution < -0.4 is 5.73 Å². The SMILES string of the molecule is CN(C(=O)CC1(CN)CCCCC1)C1CCc2ccccc2C1.Cl. The summed E-state index contributed by atoms with van der Waals surface area (Å²) in [7, 11) is 1.99. The summed E-state index contributed by atoms with van der Waals surface area (Å²) in [6.07, 6.45) is 9.79. The van der Waals surface area contributed by atoms with Crippen molar-refractivity contribution in [3.63, 3.8) is 0 Å². The van der Waals surface area contributed by atoms with E-state index in [0.717, 1.165) is 32.1 Å². The van der Waals surface area contributed by atoms with Gasteiger partial charge in [0.15, 0.2) is 0 Å². The van der Waals surface area contributed by atoms with Crippen LogP contribution >= 0.6 is 12.4 Å². The van der Waals surface area contributed by atoms with Crippen molar-refractivity contribution in [3.05, 3.63) is 35.4 Å². The summed E-state index contributed by atoms with van der Waals surface area (Å²) in [6.45, 7) is 0.653. The van der Waals surface area contributed by atoms with Crippen molar-refractivity contribution < 1.29 is 4.79 Å². The summed E-state index contributed by atoms with van der Waals surface area (Å²) in [5, 5.41) is 0. The van der Waals surface area contributed by atoms with Crippen LogP contribution in [-0.2, 0) is 17.6 Å². The van der Waals surface area contributed by atoms with Gasteiger partial charge in [-0.25, -0.2) is 0 Å². The average Bonchev–Trinajstić information content (AvgIpc) is 2.61. The molecule has 24 heavy (non-hydrogen) atoms. The first-order valence-corrected chi connectivity index (χ1v) is 9.16. The molecule has 1 amide bonds. The molecule has 0 saturated heterocycles. The summed E-state index contributed by atoms with van der Waals surface area (Å²) in [5.41, 5.74) is 8.99. The van der Waals surface area contributed by atoms with E-state index in [-0.39, 0.29) is 17.8 Å². The summed E-state index contributed by atoms with van der Waals surface area (Å²) >= 11 is 0. The van der Waals surface area contributed by atoms with E-state index in [4.69, 9.17) is 5.73 Å². The molecule has 1 saturated carbocycles. The van der Waals surface area contributed by atoms with Crippen molar-refractivity contribution in [1.29, 1.82) is 0 Å². The number of fused-ring (bicyclic) bond motifs is 1. The fraction of sp³-hybridized carbons (Fsp3) is 0.650. The lowest BCUT2D eigenvalue weighted by Gasteiger charge is -2.39. The molecule has 0 bridgehead atoms. The molecule has 0 aliphatic heterocycles. The highest BCUT2D eigenvalue weighted by Gasteiger charge is 2.35. The monoisotopic (exact) mass is 350 g/mol. The van der Waals surface area contributed by atoms with Gasteiger partial charge in [-0.3, -0.25) is 4.79 Å². The number of likely N-dealkylation sites (N-methyl/N-ethyl adjacent to an activating group) is 1. The minimum Gasteiger partial charge on any atom is -0.342 e. The molecule has 134 valence electrons. The predicted octanol–water partition coefficient (Wildman–Crippen LogP) is 3.72. The summed E-state index contributed by atoms with van der Waals surface area (Å²) in [4.78, 5) is 14.9. The molecule has 3 rings (SSSR count). The van der Waals surface area contributed by atoms with Gasteiger partial charge in [0.05, 0.1) is 0 Å². The van der Waals surface area contributed by atoms with E-state index in [2.05, 4.69) is 24.3 Å². The van der Waals surface area contributed by atoms with Gasteiger partial charge in [0.2, 0.25) is 5.91 Å². The van der Waals surface area contributed by atoms with E-state index in [1.54, 1.807) is 0 Å².